The quantitative estimate of drug-likeness (QED) is 0.704. The van der Waals surface area contributed by atoms with Gasteiger partial charge in [-0.1, -0.05) is 36.4 Å². The maximum atomic E-state index is 13.3. The number of hydrogen-bond acceptors (Lipinski definition) is 5. The van der Waals surface area contributed by atoms with Gasteiger partial charge < -0.3 is 9.47 Å². The number of nitrogens with zero attached hydrogens (tertiary/aromatic N) is 1. The summed E-state index contributed by atoms with van der Waals surface area (Å²) in [5, 5.41) is 0. The molecule has 0 spiro atoms. The average molecular weight is 413 g/mol. The molecular weight excluding hydrogens is 390 g/mol. The van der Waals surface area contributed by atoms with Crippen molar-refractivity contribution in [3.05, 3.63) is 66.2 Å². The van der Waals surface area contributed by atoms with E-state index in [2.05, 4.69) is 6.58 Å². The first kappa shape index (κ1) is 19.7. The van der Waals surface area contributed by atoms with Gasteiger partial charge in [-0.15, -0.1) is 0 Å². The first-order chi connectivity index (χ1) is 13.8. The van der Waals surface area contributed by atoms with Crippen molar-refractivity contribution in [1.29, 1.82) is 0 Å². The fraction of sp³-hybridized carbons (Fsp3) is 0.318. The minimum atomic E-state index is -3.76. The molecule has 4 rings (SSSR count). The van der Waals surface area contributed by atoms with Crippen molar-refractivity contribution in [2.75, 3.05) is 13.7 Å². The van der Waals surface area contributed by atoms with E-state index in [1.807, 2.05) is 19.1 Å². The zero-order valence-electron chi connectivity index (χ0n) is 16.4. The van der Waals surface area contributed by atoms with Crippen molar-refractivity contribution in [1.82, 2.24) is 4.31 Å². The SMILES string of the molecule is C=C(c1ccc(OC)cc1)[C@@]12CCN(S(=O)(=O)c3ccc(C)cc3)[C@@H]1CC(=O)O2. The molecule has 2 aromatic rings. The Balaban J connectivity index is 1.70. The lowest BCUT2D eigenvalue weighted by Gasteiger charge is -2.31. The van der Waals surface area contributed by atoms with Crippen molar-refractivity contribution in [3.63, 3.8) is 0 Å². The van der Waals surface area contributed by atoms with E-state index in [1.54, 1.807) is 43.5 Å². The number of fused-ring (bicyclic) bond motifs is 1. The molecule has 0 aliphatic carbocycles. The highest BCUT2D eigenvalue weighted by Gasteiger charge is 2.60. The summed E-state index contributed by atoms with van der Waals surface area (Å²) in [7, 11) is -2.17. The van der Waals surface area contributed by atoms with Crippen LogP contribution in [0.25, 0.3) is 5.57 Å². The van der Waals surface area contributed by atoms with E-state index in [0.29, 0.717) is 17.7 Å². The Morgan fingerprint density at radius 1 is 1.17 bits per heavy atom. The Labute approximate surface area is 170 Å². The first-order valence-corrected chi connectivity index (χ1v) is 10.9. The number of carbonyl (C=O) groups excluding carboxylic acids is 1. The predicted molar refractivity (Wildman–Crippen MR) is 109 cm³/mol. The molecule has 0 radical (unpaired) electrons. The van der Waals surface area contributed by atoms with Crippen LogP contribution in [0.3, 0.4) is 0 Å². The van der Waals surface area contributed by atoms with Gasteiger partial charge in [0.25, 0.3) is 0 Å². The third kappa shape index (κ3) is 3.14. The first-order valence-electron chi connectivity index (χ1n) is 9.42. The number of methoxy groups -OCH3 is 1. The molecule has 2 aliphatic heterocycles. The van der Waals surface area contributed by atoms with Crippen LogP contribution in [0.1, 0.15) is 24.0 Å². The number of hydrogen-bond donors (Lipinski definition) is 0. The molecule has 0 unspecified atom stereocenters. The number of rotatable bonds is 5. The molecular formula is C22H23NO5S. The summed E-state index contributed by atoms with van der Waals surface area (Å²) < 4.78 is 38.9. The second kappa shape index (κ2) is 7.00. The zero-order valence-corrected chi connectivity index (χ0v) is 17.2. The largest absolute Gasteiger partial charge is 0.497 e. The fourth-order valence-electron chi connectivity index (χ4n) is 4.20. The van der Waals surface area contributed by atoms with E-state index in [0.717, 1.165) is 11.1 Å². The molecule has 2 heterocycles. The molecule has 0 bridgehead atoms. The Morgan fingerprint density at radius 3 is 2.45 bits per heavy atom. The fourth-order valence-corrected chi connectivity index (χ4v) is 5.87. The van der Waals surface area contributed by atoms with Crippen LogP contribution >= 0.6 is 0 Å². The van der Waals surface area contributed by atoms with Crippen molar-refractivity contribution in [3.8, 4) is 5.75 Å². The molecule has 6 nitrogen and oxygen atoms in total. The third-order valence-corrected chi connectivity index (χ3v) is 7.74. The van der Waals surface area contributed by atoms with Crippen LogP contribution in [-0.2, 0) is 19.6 Å². The van der Waals surface area contributed by atoms with Gasteiger partial charge in [0.1, 0.15) is 5.75 Å². The van der Waals surface area contributed by atoms with E-state index < -0.39 is 27.6 Å². The summed E-state index contributed by atoms with van der Waals surface area (Å²) in [4.78, 5) is 12.5. The second-order valence-corrected chi connectivity index (χ2v) is 9.36. The van der Waals surface area contributed by atoms with Gasteiger partial charge in [-0.2, -0.15) is 4.31 Å². The van der Waals surface area contributed by atoms with Gasteiger partial charge in [-0.25, -0.2) is 8.42 Å². The number of esters is 1. The molecule has 2 saturated heterocycles. The van der Waals surface area contributed by atoms with Crippen molar-refractivity contribution >= 4 is 21.6 Å². The van der Waals surface area contributed by atoms with Gasteiger partial charge >= 0.3 is 5.97 Å². The maximum Gasteiger partial charge on any atom is 0.308 e. The van der Waals surface area contributed by atoms with E-state index in [4.69, 9.17) is 9.47 Å². The van der Waals surface area contributed by atoms with Crippen molar-refractivity contribution < 1.29 is 22.7 Å². The normalized spacial score (nSPS) is 24.2. The van der Waals surface area contributed by atoms with Gasteiger partial charge in [-0.05, 0) is 42.3 Å². The summed E-state index contributed by atoms with van der Waals surface area (Å²) >= 11 is 0. The van der Waals surface area contributed by atoms with E-state index in [-0.39, 0.29) is 17.9 Å². The van der Waals surface area contributed by atoms with Gasteiger partial charge in [0.15, 0.2) is 5.60 Å². The Hall–Kier alpha value is -2.64. The molecule has 0 N–H and O–H groups in total. The van der Waals surface area contributed by atoms with Crippen LogP contribution in [-0.4, -0.2) is 44.0 Å². The zero-order chi connectivity index (χ0) is 20.8. The Bertz CT molecular complexity index is 1060. The van der Waals surface area contributed by atoms with Crippen LogP contribution in [0.2, 0.25) is 0 Å². The van der Waals surface area contributed by atoms with Crippen molar-refractivity contribution in [2.24, 2.45) is 0 Å². The molecule has 2 aliphatic rings. The predicted octanol–water partition coefficient (Wildman–Crippen LogP) is 3.17. The van der Waals surface area contributed by atoms with E-state index >= 15 is 0 Å². The molecule has 0 aromatic heterocycles. The second-order valence-electron chi connectivity index (χ2n) is 7.47. The smallest absolute Gasteiger partial charge is 0.308 e. The Morgan fingerprint density at radius 2 is 1.83 bits per heavy atom. The minimum Gasteiger partial charge on any atom is -0.497 e. The molecule has 29 heavy (non-hydrogen) atoms. The molecule has 152 valence electrons. The third-order valence-electron chi connectivity index (χ3n) is 5.82. The average Bonchev–Trinajstić information content (AvgIpc) is 3.23. The monoisotopic (exact) mass is 413 g/mol. The highest BCUT2D eigenvalue weighted by molar-refractivity contribution is 7.89. The number of sulfonamides is 1. The summed E-state index contributed by atoms with van der Waals surface area (Å²) in [6.45, 7) is 6.36. The van der Waals surface area contributed by atoms with Gasteiger partial charge in [0, 0.05) is 13.0 Å². The molecule has 7 heteroatoms. The lowest BCUT2D eigenvalue weighted by Crippen LogP contribution is -2.44. The number of benzene rings is 2. The van der Waals surface area contributed by atoms with Crippen LogP contribution in [0.4, 0.5) is 0 Å². The number of aryl methyl sites for hydroxylation is 1. The van der Waals surface area contributed by atoms with Gasteiger partial charge in [0.05, 0.1) is 24.5 Å². The summed E-state index contributed by atoms with van der Waals surface area (Å²) in [6, 6.07) is 13.4. The molecule has 2 aromatic carbocycles. The van der Waals surface area contributed by atoms with Gasteiger partial charge in [-0.3, -0.25) is 4.79 Å². The standard InChI is InChI=1S/C22H23NO5S/c1-15-4-10-19(11-5-15)29(25,26)23-13-12-22(20(23)14-21(24)28-22)16(2)17-6-8-18(27-3)9-7-17/h4-11,20H,2,12-14H2,1,3H3/t20-,22+/m1/s1. The lowest BCUT2D eigenvalue weighted by atomic mass is 9.83. The maximum absolute atomic E-state index is 13.3. The highest BCUT2D eigenvalue weighted by Crippen LogP contribution is 2.49. The summed E-state index contributed by atoms with van der Waals surface area (Å²) in [5.41, 5.74) is 1.33. The Kier molecular flexibility index (Phi) is 4.75. The van der Waals surface area contributed by atoms with Crippen LogP contribution in [0.15, 0.2) is 60.0 Å². The van der Waals surface area contributed by atoms with Crippen LogP contribution in [0.5, 0.6) is 5.75 Å². The topological polar surface area (TPSA) is 72.9 Å². The molecule has 2 atom stereocenters. The van der Waals surface area contributed by atoms with E-state index in [1.165, 1.54) is 4.31 Å². The van der Waals surface area contributed by atoms with Gasteiger partial charge in [0.2, 0.25) is 10.0 Å². The van der Waals surface area contributed by atoms with E-state index in [9.17, 15) is 13.2 Å². The number of ether oxygens (including phenoxy) is 2. The molecule has 0 saturated carbocycles. The highest BCUT2D eigenvalue weighted by atomic mass is 32.2. The summed E-state index contributed by atoms with van der Waals surface area (Å²) in [6.07, 6.45) is 0.389. The number of carbonyl (C=O) groups is 1. The molecule has 2 fully saturated rings. The molecule has 0 amide bonds. The lowest BCUT2D eigenvalue weighted by molar-refractivity contribution is -0.144. The van der Waals surface area contributed by atoms with Crippen LogP contribution in [0, 0.1) is 6.92 Å². The summed E-state index contributed by atoms with van der Waals surface area (Å²) in [5.74, 6) is 0.294. The minimum absolute atomic E-state index is 0.0142. The van der Waals surface area contributed by atoms with Crippen LogP contribution < -0.4 is 4.74 Å². The van der Waals surface area contributed by atoms with Crippen molar-refractivity contribution in [2.45, 2.75) is 36.3 Å².